The van der Waals surface area contributed by atoms with Crippen LogP contribution >= 0.6 is 11.3 Å². The van der Waals surface area contributed by atoms with Gasteiger partial charge < -0.3 is 9.64 Å². The molecule has 3 heterocycles. The molecule has 1 aromatic heterocycles. The molecule has 7 heteroatoms. The Labute approximate surface area is 139 Å². The molecule has 1 unspecified atom stereocenters. The number of aromatic nitrogens is 1. The van der Waals surface area contributed by atoms with Crippen LogP contribution in [0.4, 0.5) is 5.13 Å². The van der Waals surface area contributed by atoms with Gasteiger partial charge in [0.05, 0.1) is 12.2 Å². The van der Waals surface area contributed by atoms with E-state index < -0.39 is 0 Å². The minimum Gasteiger partial charge on any atom is -0.368 e. The van der Waals surface area contributed by atoms with Gasteiger partial charge in [-0.25, -0.2) is 4.98 Å². The van der Waals surface area contributed by atoms with Crippen molar-refractivity contribution in [3.63, 3.8) is 0 Å². The summed E-state index contributed by atoms with van der Waals surface area (Å²) in [6.07, 6.45) is 5.40. The Morgan fingerprint density at radius 1 is 1.26 bits per heavy atom. The van der Waals surface area contributed by atoms with Gasteiger partial charge in [0.25, 0.3) is 5.91 Å². The first kappa shape index (κ1) is 15.1. The summed E-state index contributed by atoms with van der Waals surface area (Å²) in [6, 6.07) is 0. The quantitative estimate of drug-likeness (QED) is 0.916. The van der Waals surface area contributed by atoms with Crippen LogP contribution < -0.4 is 5.32 Å². The average molecular weight is 335 g/mol. The minimum absolute atomic E-state index is 0.101. The van der Waals surface area contributed by atoms with Crippen LogP contribution in [0.5, 0.6) is 0 Å². The molecule has 2 amide bonds. The number of ether oxygens (including phenoxy) is 1. The van der Waals surface area contributed by atoms with Crippen LogP contribution in [0.1, 0.15) is 42.7 Å². The van der Waals surface area contributed by atoms with Crippen molar-refractivity contribution in [1.82, 2.24) is 9.88 Å². The van der Waals surface area contributed by atoms with Gasteiger partial charge in [-0.2, -0.15) is 0 Å². The van der Waals surface area contributed by atoms with Gasteiger partial charge in [0.1, 0.15) is 6.10 Å². The fourth-order valence-corrected chi connectivity index (χ4v) is 4.35. The van der Waals surface area contributed by atoms with Gasteiger partial charge in [0.2, 0.25) is 5.91 Å². The van der Waals surface area contributed by atoms with E-state index in [0.717, 1.165) is 49.2 Å². The topological polar surface area (TPSA) is 71.5 Å². The predicted octanol–water partition coefficient (Wildman–Crippen LogP) is 1.95. The lowest BCUT2D eigenvalue weighted by Crippen LogP contribution is -2.41. The van der Waals surface area contributed by atoms with Crippen molar-refractivity contribution < 1.29 is 14.3 Å². The van der Waals surface area contributed by atoms with Gasteiger partial charge in [0.15, 0.2) is 5.13 Å². The normalized spacial score (nSPS) is 24.2. The van der Waals surface area contributed by atoms with Crippen LogP contribution in [0.15, 0.2) is 0 Å². The summed E-state index contributed by atoms with van der Waals surface area (Å²) in [4.78, 5) is 32.1. The van der Waals surface area contributed by atoms with Crippen molar-refractivity contribution in [2.75, 3.05) is 18.5 Å². The number of fused-ring (bicyclic) bond motifs is 1. The summed E-state index contributed by atoms with van der Waals surface area (Å²) in [7, 11) is 0. The van der Waals surface area contributed by atoms with Gasteiger partial charge in [-0.1, -0.05) is 17.8 Å². The molecule has 3 aliphatic rings. The van der Waals surface area contributed by atoms with E-state index >= 15 is 0 Å². The minimum atomic E-state index is -0.340. The lowest BCUT2D eigenvalue weighted by Gasteiger charge is -2.33. The number of thiazole rings is 1. The summed E-state index contributed by atoms with van der Waals surface area (Å²) in [5.41, 5.74) is 1.02. The fourth-order valence-electron chi connectivity index (χ4n) is 3.32. The predicted molar refractivity (Wildman–Crippen MR) is 86.2 cm³/mol. The smallest absolute Gasteiger partial charge is 0.255 e. The number of hydrogen-bond donors (Lipinski definition) is 1. The van der Waals surface area contributed by atoms with Crippen molar-refractivity contribution in [1.29, 1.82) is 0 Å². The lowest BCUT2D eigenvalue weighted by atomic mass is 9.84. The highest BCUT2D eigenvalue weighted by Crippen LogP contribution is 2.33. The third kappa shape index (κ3) is 2.99. The maximum absolute atomic E-state index is 12.4. The molecule has 0 aromatic carbocycles. The highest BCUT2D eigenvalue weighted by Gasteiger charge is 2.32. The zero-order chi connectivity index (χ0) is 15.8. The summed E-state index contributed by atoms with van der Waals surface area (Å²) in [5, 5.41) is 3.50. The Bertz CT molecular complexity index is 620. The van der Waals surface area contributed by atoms with E-state index in [1.807, 2.05) is 4.90 Å². The molecule has 4 rings (SSSR count). The van der Waals surface area contributed by atoms with Crippen molar-refractivity contribution in [3.8, 4) is 0 Å². The van der Waals surface area contributed by atoms with E-state index in [0.29, 0.717) is 24.2 Å². The molecule has 23 heavy (non-hydrogen) atoms. The maximum Gasteiger partial charge on any atom is 0.255 e. The maximum atomic E-state index is 12.4. The van der Waals surface area contributed by atoms with E-state index in [4.69, 9.17) is 4.74 Å². The Morgan fingerprint density at radius 3 is 2.83 bits per heavy atom. The molecule has 0 spiro atoms. The molecule has 0 radical (unpaired) electrons. The van der Waals surface area contributed by atoms with Gasteiger partial charge in [-0.05, 0) is 25.7 Å². The van der Waals surface area contributed by atoms with E-state index in [2.05, 4.69) is 10.3 Å². The molecule has 1 N–H and O–H groups in total. The van der Waals surface area contributed by atoms with Crippen LogP contribution in [0, 0.1) is 5.92 Å². The first-order chi connectivity index (χ1) is 11.2. The number of nitrogens with one attached hydrogen (secondary N) is 1. The molecule has 1 saturated carbocycles. The second kappa shape index (κ2) is 6.20. The first-order valence-electron chi connectivity index (χ1n) is 8.40. The van der Waals surface area contributed by atoms with Crippen LogP contribution in [0.3, 0.4) is 0 Å². The van der Waals surface area contributed by atoms with Gasteiger partial charge >= 0.3 is 0 Å². The van der Waals surface area contributed by atoms with Crippen molar-refractivity contribution in [3.05, 3.63) is 10.6 Å². The molecular formula is C16H21N3O3S. The molecule has 1 aliphatic carbocycles. The van der Waals surface area contributed by atoms with E-state index in [-0.39, 0.29) is 17.9 Å². The number of amides is 2. The van der Waals surface area contributed by atoms with E-state index in [1.165, 1.54) is 17.8 Å². The second-order valence-corrected chi connectivity index (χ2v) is 7.60. The zero-order valence-corrected chi connectivity index (χ0v) is 13.9. The third-order valence-corrected chi connectivity index (χ3v) is 5.95. The van der Waals surface area contributed by atoms with Crippen molar-refractivity contribution >= 4 is 28.3 Å². The molecular weight excluding hydrogens is 314 g/mol. The number of carbonyl (C=O) groups is 2. The van der Waals surface area contributed by atoms with Gasteiger partial charge in [-0.15, -0.1) is 0 Å². The van der Waals surface area contributed by atoms with E-state index in [1.54, 1.807) is 0 Å². The SMILES string of the molecule is O=C(Nc1nc2c(s1)CN(C(=O)C1CCC1)CC2)C1CCCO1. The third-order valence-electron chi connectivity index (χ3n) is 4.95. The summed E-state index contributed by atoms with van der Waals surface area (Å²) >= 11 is 1.49. The monoisotopic (exact) mass is 335 g/mol. The number of nitrogens with zero attached hydrogens (tertiary/aromatic N) is 2. The number of carbonyl (C=O) groups excluding carboxylic acids is 2. The Balaban J connectivity index is 1.40. The Kier molecular flexibility index (Phi) is 4.07. The highest BCUT2D eigenvalue weighted by molar-refractivity contribution is 7.15. The zero-order valence-electron chi connectivity index (χ0n) is 13.0. The van der Waals surface area contributed by atoms with Gasteiger partial charge in [0, 0.05) is 30.4 Å². The molecule has 1 atom stereocenters. The molecule has 1 saturated heterocycles. The van der Waals surface area contributed by atoms with Crippen LogP contribution in [0.2, 0.25) is 0 Å². The standard InChI is InChI=1S/C16H21N3O3S/c20-14(12-5-2-8-22-12)18-16-17-11-6-7-19(9-13(11)23-16)15(21)10-3-1-4-10/h10,12H,1-9H2,(H,17,18,20). The molecule has 1 aromatic rings. The lowest BCUT2D eigenvalue weighted by molar-refractivity contribution is -0.139. The Hall–Kier alpha value is -1.47. The number of rotatable bonds is 3. The summed E-state index contributed by atoms with van der Waals surface area (Å²) < 4.78 is 5.39. The van der Waals surface area contributed by atoms with Crippen molar-refractivity contribution in [2.24, 2.45) is 5.92 Å². The Morgan fingerprint density at radius 2 is 2.13 bits per heavy atom. The molecule has 0 bridgehead atoms. The highest BCUT2D eigenvalue weighted by atomic mass is 32.1. The first-order valence-corrected chi connectivity index (χ1v) is 9.22. The average Bonchev–Trinajstić information content (AvgIpc) is 3.13. The largest absolute Gasteiger partial charge is 0.368 e. The van der Waals surface area contributed by atoms with Crippen LogP contribution in [-0.4, -0.2) is 41.0 Å². The molecule has 124 valence electrons. The van der Waals surface area contributed by atoms with Crippen LogP contribution in [-0.2, 0) is 27.3 Å². The van der Waals surface area contributed by atoms with Crippen molar-refractivity contribution in [2.45, 2.75) is 51.2 Å². The summed E-state index contributed by atoms with van der Waals surface area (Å²) in [5.74, 6) is 0.430. The number of anilines is 1. The van der Waals surface area contributed by atoms with Gasteiger partial charge in [-0.3, -0.25) is 14.9 Å². The molecule has 6 nitrogen and oxygen atoms in total. The van der Waals surface area contributed by atoms with Crippen LogP contribution in [0.25, 0.3) is 0 Å². The number of hydrogen-bond acceptors (Lipinski definition) is 5. The summed E-state index contributed by atoms with van der Waals surface area (Å²) in [6.45, 7) is 2.04. The fraction of sp³-hybridized carbons (Fsp3) is 0.688. The second-order valence-electron chi connectivity index (χ2n) is 6.52. The van der Waals surface area contributed by atoms with E-state index in [9.17, 15) is 9.59 Å². The molecule has 2 fully saturated rings. The molecule has 2 aliphatic heterocycles.